The van der Waals surface area contributed by atoms with Gasteiger partial charge < -0.3 is 19.7 Å². The molecule has 0 aliphatic carbocycles. The van der Waals surface area contributed by atoms with Crippen molar-refractivity contribution in [2.45, 2.75) is 51.4 Å². The standard InChI is InChI=1S/C49H46N10O3/c1-48(2,3)62-47(61)57(4)31-33-27-35(30-50-29-33)34-21-22-42-39(28-34)43(46-52-40-23-24-51-44(45(40)53-46)41-32-58(56-54-41)25-14-26-60)55-59(42)49(36-15-8-5-9-16-36,37-17-10-6-11-18-37)38-19-12-7-13-20-38/h5-13,15-24,27-30,32,60H,14,25-26,31H2,1-4H3,(H,52,53). The first-order valence-electron chi connectivity index (χ1n) is 20.6. The number of aryl methyl sites for hydroxylation is 1. The summed E-state index contributed by atoms with van der Waals surface area (Å²) in [5.41, 5.74) is 8.27. The summed E-state index contributed by atoms with van der Waals surface area (Å²) in [5.74, 6) is 0.553. The summed E-state index contributed by atoms with van der Waals surface area (Å²) in [6.45, 7) is 6.47. The summed E-state index contributed by atoms with van der Waals surface area (Å²) >= 11 is 0. The summed E-state index contributed by atoms with van der Waals surface area (Å²) in [6.07, 6.45) is 7.31. The lowest BCUT2D eigenvalue weighted by atomic mass is 9.77. The molecule has 0 aliphatic heterocycles. The molecule has 5 heterocycles. The zero-order valence-electron chi connectivity index (χ0n) is 35.0. The molecule has 0 atom stereocenters. The molecule has 0 radical (unpaired) electrons. The zero-order chi connectivity index (χ0) is 42.8. The number of H-pyrrole nitrogens is 1. The molecule has 4 aromatic carbocycles. The van der Waals surface area contributed by atoms with Gasteiger partial charge in [-0.2, -0.15) is 5.10 Å². The number of nitrogens with one attached hydrogen (secondary N) is 1. The molecule has 0 spiro atoms. The molecule has 5 aromatic heterocycles. The lowest BCUT2D eigenvalue weighted by molar-refractivity contribution is 0.0285. The van der Waals surface area contributed by atoms with Crippen LogP contribution in [0.3, 0.4) is 0 Å². The van der Waals surface area contributed by atoms with E-state index in [0.717, 1.165) is 49.8 Å². The number of hydrogen-bond acceptors (Lipinski definition) is 9. The van der Waals surface area contributed by atoms with E-state index in [1.807, 2.05) is 63.5 Å². The first-order valence-corrected chi connectivity index (χ1v) is 20.6. The van der Waals surface area contributed by atoms with Crippen LogP contribution in [0.4, 0.5) is 4.79 Å². The van der Waals surface area contributed by atoms with Crippen LogP contribution in [0.1, 0.15) is 49.4 Å². The number of nitrogens with zero attached hydrogens (tertiary/aromatic N) is 9. The predicted molar refractivity (Wildman–Crippen MR) is 239 cm³/mol. The van der Waals surface area contributed by atoms with E-state index in [1.165, 1.54) is 0 Å². The molecular formula is C49H46N10O3. The molecule has 0 aliphatic rings. The minimum atomic E-state index is -0.915. The maximum Gasteiger partial charge on any atom is 0.410 e. The van der Waals surface area contributed by atoms with Crippen LogP contribution in [0.25, 0.3) is 56.0 Å². The van der Waals surface area contributed by atoms with Crippen molar-refractivity contribution < 1.29 is 14.6 Å². The topological polar surface area (TPSA) is 153 Å². The fraction of sp³-hybridized carbons (Fsp3) is 0.204. The van der Waals surface area contributed by atoms with Gasteiger partial charge in [0.2, 0.25) is 0 Å². The van der Waals surface area contributed by atoms with Gasteiger partial charge in [0.1, 0.15) is 33.7 Å². The van der Waals surface area contributed by atoms with Crippen molar-refractivity contribution in [3.05, 3.63) is 168 Å². The predicted octanol–water partition coefficient (Wildman–Crippen LogP) is 8.88. The van der Waals surface area contributed by atoms with Crippen LogP contribution >= 0.6 is 0 Å². The zero-order valence-corrected chi connectivity index (χ0v) is 35.0. The number of carbonyl (C=O) groups excluding carboxylic acids is 1. The van der Waals surface area contributed by atoms with Crippen molar-refractivity contribution in [3.8, 4) is 34.0 Å². The molecule has 0 fully saturated rings. The van der Waals surface area contributed by atoms with Crippen LogP contribution < -0.4 is 0 Å². The van der Waals surface area contributed by atoms with E-state index in [4.69, 9.17) is 19.8 Å². The summed E-state index contributed by atoms with van der Waals surface area (Å²) < 4.78 is 9.44. The summed E-state index contributed by atoms with van der Waals surface area (Å²) in [4.78, 5) is 32.5. The van der Waals surface area contributed by atoms with Crippen molar-refractivity contribution in [1.29, 1.82) is 0 Å². The molecule has 0 saturated heterocycles. The smallest absolute Gasteiger partial charge is 0.410 e. The maximum absolute atomic E-state index is 12.9. The van der Waals surface area contributed by atoms with Crippen molar-refractivity contribution in [1.82, 2.24) is 49.6 Å². The number of imidazole rings is 1. The van der Waals surface area contributed by atoms with Crippen LogP contribution in [0, 0.1) is 0 Å². The van der Waals surface area contributed by atoms with Crippen molar-refractivity contribution >= 4 is 28.0 Å². The number of aromatic nitrogens is 9. The van der Waals surface area contributed by atoms with Gasteiger partial charge in [-0.1, -0.05) is 102 Å². The molecule has 1 amide bonds. The number of benzene rings is 4. The number of rotatable bonds is 12. The van der Waals surface area contributed by atoms with Crippen molar-refractivity contribution in [2.24, 2.45) is 0 Å². The van der Waals surface area contributed by atoms with E-state index < -0.39 is 17.2 Å². The number of fused-ring (bicyclic) bond motifs is 2. The van der Waals surface area contributed by atoms with Gasteiger partial charge in [-0.3, -0.25) is 14.6 Å². The molecule has 2 N–H and O–H groups in total. The molecule has 0 saturated carbocycles. The molecular weight excluding hydrogens is 777 g/mol. The normalized spacial score (nSPS) is 12.0. The fourth-order valence-corrected chi connectivity index (χ4v) is 8.03. The van der Waals surface area contributed by atoms with Crippen LogP contribution in [-0.4, -0.2) is 80.1 Å². The van der Waals surface area contributed by atoms with Crippen molar-refractivity contribution in [2.75, 3.05) is 13.7 Å². The summed E-state index contributed by atoms with van der Waals surface area (Å²) in [7, 11) is 1.72. The van der Waals surface area contributed by atoms with E-state index in [2.05, 4.69) is 116 Å². The van der Waals surface area contributed by atoms with Gasteiger partial charge >= 0.3 is 6.09 Å². The van der Waals surface area contributed by atoms with E-state index in [-0.39, 0.29) is 6.61 Å². The Morgan fingerprint density at radius 1 is 0.823 bits per heavy atom. The minimum Gasteiger partial charge on any atom is -0.444 e. The third-order valence-corrected chi connectivity index (χ3v) is 10.8. The Labute approximate surface area is 358 Å². The van der Waals surface area contributed by atoms with Gasteiger partial charge in [0, 0.05) is 49.7 Å². The Bertz CT molecular complexity index is 2890. The molecule has 13 nitrogen and oxygen atoms in total. The molecule has 9 aromatic rings. The summed E-state index contributed by atoms with van der Waals surface area (Å²) in [5, 5.41) is 24.5. The Kier molecular flexibility index (Phi) is 10.6. The van der Waals surface area contributed by atoms with Gasteiger partial charge in [-0.25, -0.2) is 14.5 Å². The van der Waals surface area contributed by atoms with Crippen LogP contribution in [0.2, 0.25) is 0 Å². The van der Waals surface area contributed by atoms with E-state index in [1.54, 1.807) is 29.0 Å². The quantitative estimate of drug-likeness (QED) is 0.115. The second-order valence-corrected chi connectivity index (χ2v) is 16.3. The number of aromatic amines is 1. The Hall–Kier alpha value is -7.51. The van der Waals surface area contributed by atoms with Gasteiger partial charge in [-0.15, -0.1) is 5.10 Å². The highest BCUT2D eigenvalue weighted by molar-refractivity contribution is 5.98. The van der Waals surface area contributed by atoms with Crippen LogP contribution in [0.15, 0.2) is 146 Å². The highest BCUT2D eigenvalue weighted by Crippen LogP contribution is 2.44. The number of carbonyl (C=O) groups is 1. The number of hydrogen-bond donors (Lipinski definition) is 2. The monoisotopic (exact) mass is 822 g/mol. The number of aliphatic hydroxyl groups is 1. The number of amides is 1. The summed E-state index contributed by atoms with van der Waals surface area (Å²) in [6, 6.07) is 41.7. The van der Waals surface area contributed by atoms with Gasteiger partial charge in [0.25, 0.3) is 0 Å². The minimum absolute atomic E-state index is 0.0571. The highest BCUT2D eigenvalue weighted by Gasteiger charge is 2.41. The number of aliphatic hydroxyl groups excluding tert-OH is 1. The lowest BCUT2D eigenvalue weighted by Crippen LogP contribution is -2.38. The van der Waals surface area contributed by atoms with Gasteiger partial charge in [0.05, 0.1) is 23.8 Å². The average molecular weight is 823 g/mol. The SMILES string of the molecule is CN(Cc1cncc(-c2ccc3c(c2)c(-c2nc4c(-c5cn(CCCO)nn5)nccc4[nH]2)nn3C(c2ccccc2)(c2ccccc2)c2ccccc2)c1)C(=O)OC(C)(C)C. The van der Waals surface area contributed by atoms with Gasteiger partial charge in [-0.05, 0) is 79.3 Å². The Balaban J connectivity index is 1.26. The van der Waals surface area contributed by atoms with E-state index in [0.29, 0.717) is 47.9 Å². The van der Waals surface area contributed by atoms with Crippen LogP contribution in [-0.2, 0) is 23.4 Å². The second-order valence-electron chi connectivity index (χ2n) is 16.3. The Morgan fingerprint density at radius 2 is 1.50 bits per heavy atom. The first kappa shape index (κ1) is 39.9. The third kappa shape index (κ3) is 7.58. The molecule has 9 rings (SSSR count). The highest BCUT2D eigenvalue weighted by atomic mass is 16.6. The molecule has 62 heavy (non-hydrogen) atoms. The average Bonchev–Trinajstić information content (AvgIpc) is 4.04. The van der Waals surface area contributed by atoms with E-state index in [9.17, 15) is 9.90 Å². The van der Waals surface area contributed by atoms with Crippen molar-refractivity contribution in [3.63, 3.8) is 0 Å². The lowest BCUT2D eigenvalue weighted by Gasteiger charge is -2.37. The fourth-order valence-electron chi connectivity index (χ4n) is 8.03. The van der Waals surface area contributed by atoms with E-state index >= 15 is 0 Å². The largest absolute Gasteiger partial charge is 0.444 e. The second kappa shape index (κ2) is 16.5. The number of ether oxygens (including phenoxy) is 1. The first-order chi connectivity index (χ1) is 30.1. The Morgan fingerprint density at radius 3 is 2.15 bits per heavy atom. The molecule has 0 unspecified atom stereocenters. The van der Waals surface area contributed by atoms with Crippen LogP contribution in [0.5, 0.6) is 0 Å². The molecule has 310 valence electrons. The number of pyridine rings is 2. The van der Waals surface area contributed by atoms with Gasteiger partial charge in [0.15, 0.2) is 5.82 Å². The molecule has 0 bridgehead atoms. The maximum atomic E-state index is 12.9. The molecule has 13 heteroatoms. The third-order valence-electron chi connectivity index (χ3n) is 10.8.